The van der Waals surface area contributed by atoms with Crippen LogP contribution in [0.25, 0.3) is 10.9 Å². The second-order valence-electron chi connectivity index (χ2n) is 3.71. The fourth-order valence-corrected chi connectivity index (χ4v) is 1.85. The zero-order chi connectivity index (χ0) is 14.2. The van der Waals surface area contributed by atoms with Crippen LogP contribution in [0.3, 0.4) is 0 Å². The van der Waals surface area contributed by atoms with E-state index in [4.69, 9.17) is 11.6 Å². The fraction of sp³-hybridized carbons (Fsp3) is 0.167. The topological polar surface area (TPSA) is 39.2 Å². The van der Waals surface area contributed by atoms with Crippen LogP contribution in [-0.4, -0.2) is 18.1 Å². The number of nitrogens with zero attached hydrogens (tertiary/aromatic N) is 1. The lowest BCUT2D eigenvalue weighted by Gasteiger charge is -2.09. The summed E-state index contributed by atoms with van der Waals surface area (Å²) in [5.74, 6) is -0.686. The molecule has 0 saturated carbocycles. The Balaban J connectivity index is 2.72. The summed E-state index contributed by atoms with van der Waals surface area (Å²) < 4.78 is 42.3. The molecule has 0 saturated heterocycles. The van der Waals surface area contributed by atoms with Gasteiger partial charge < -0.3 is 4.74 Å². The predicted molar refractivity (Wildman–Crippen MR) is 63.1 cm³/mol. The minimum absolute atomic E-state index is 0.0114. The normalized spacial score (nSPS) is 11.6. The van der Waals surface area contributed by atoms with E-state index in [0.29, 0.717) is 0 Å². The van der Waals surface area contributed by atoms with Gasteiger partial charge in [0.05, 0.1) is 23.8 Å². The Hall–Kier alpha value is -1.82. The number of aromatic nitrogens is 1. The highest BCUT2D eigenvalue weighted by molar-refractivity contribution is 6.30. The Morgan fingerprint density at radius 3 is 2.58 bits per heavy atom. The summed E-state index contributed by atoms with van der Waals surface area (Å²) in [7, 11) is 1.17. The molecule has 1 aromatic carbocycles. The van der Waals surface area contributed by atoms with Gasteiger partial charge in [-0.15, -0.1) is 0 Å². The highest BCUT2D eigenvalue weighted by atomic mass is 35.5. The quantitative estimate of drug-likeness (QED) is 0.593. The molecule has 0 spiro atoms. The van der Waals surface area contributed by atoms with Gasteiger partial charge in [0.2, 0.25) is 0 Å². The van der Waals surface area contributed by atoms with Gasteiger partial charge in [0.25, 0.3) is 0 Å². The molecule has 0 aliphatic carbocycles. The van der Waals surface area contributed by atoms with Crippen LogP contribution in [0.2, 0.25) is 5.15 Å². The van der Waals surface area contributed by atoms with Crippen molar-refractivity contribution in [2.45, 2.75) is 6.18 Å². The smallest absolute Gasteiger partial charge is 0.416 e. The second-order valence-corrected chi connectivity index (χ2v) is 4.10. The molecule has 0 radical (unpaired) electrons. The molecule has 7 heteroatoms. The van der Waals surface area contributed by atoms with Crippen LogP contribution in [0.1, 0.15) is 15.9 Å². The zero-order valence-electron chi connectivity index (χ0n) is 9.58. The van der Waals surface area contributed by atoms with Crippen molar-refractivity contribution in [2.24, 2.45) is 0 Å². The van der Waals surface area contributed by atoms with Crippen molar-refractivity contribution in [3.05, 3.63) is 40.5 Å². The van der Waals surface area contributed by atoms with Gasteiger partial charge in [-0.2, -0.15) is 13.2 Å². The number of carbonyl (C=O) groups is 1. The van der Waals surface area contributed by atoms with Crippen LogP contribution in [0, 0.1) is 0 Å². The van der Waals surface area contributed by atoms with E-state index in [1.807, 2.05) is 0 Å². The molecule has 2 aromatic rings. The molecule has 0 aliphatic heterocycles. The lowest BCUT2D eigenvalue weighted by molar-refractivity contribution is -0.137. The molecule has 3 nitrogen and oxygen atoms in total. The lowest BCUT2D eigenvalue weighted by atomic mass is 10.1. The van der Waals surface area contributed by atoms with Crippen molar-refractivity contribution >= 4 is 28.5 Å². The largest absolute Gasteiger partial charge is 0.465 e. The molecule has 1 heterocycles. The molecule has 19 heavy (non-hydrogen) atoms. The first-order chi connectivity index (χ1) is 8.82. The number of hydrogen-bond donors (Lipinski definition) is 0. The molecule has 0 amide bonds. The number of ether oxygens (including phenoxy) is 1. The second kappa shape index (κ2) is 4.70. The average molecular weight is 290 g/mol. The molecule has 0 atom stereocenters. The maximum atomic E-state index is 12.6. The van der Waals surface area contributed by atoms with Gasteiger partial charge >= 0.3 is 12.1 Å². The minimum atomic E-state index is -4.48. The Morgan fingerprint density at radius 2 is 2.00 bits per heavy atom. The third-order valence-corrected chi connectivity index (χ3v) is 2.70. The molecule has 0 unspecified atom stereocenters. The van der Waals surface area contributed by atoms with Crippen LogP contribution in [0.5, 0.6) is 0 Å². The summed E-state index contributed by atoms with van der Waals surface area (Å²) in [5, 5.41) is 0.177. The van der Waals surface area contributed by atoms with Gasteiger partial charge in [-0.3, -0.25) is 0 Å². The number of fused-ring (bicyclic) bond motifs is 1. The third kappa shape index (κ3) is 2.63. The van der Waals surface area contributed by atoms with Crippen LogP contribution in [-0.2, 0) is 10.9 Å². The number of hydrogen-bond acceptors (Lipinski definition) is 3. The molecular weight excluding hydrogens is 283 g/mol. The van der Waals surface area contributed by atoms with Gasteiger partial charge in [0.1, 0.15) is 5.15 Å². The first-order valence-electron chi connectivity index (χ1n) is 5.09. The Bertz CT molecular complexity index is 655. The van der Waals surface area contributed by atoms with Crippen molar-refractivity contribution in [1.82, 2.24) is 4.98 Å². The summed E-state index contributed by atoms with van der Waals surface area (Å²) in [6, 6.07) is 4.15. The van der Waals surface area contributed by atoms with Crippen LogP contribution >= 0.6 is 11.6 Å². The van der Waals surface area contributed by atoms with Crippen molar-refractivity contribution in [2.75, 3.05) is 7.11 Å². The van der Waals surface area contributed by atoms with E-state index in [1.165, 1.54) is 19.2 Å². The maximum absolute atomic E-state index is 12.6. The first kappa shape index (κ1) is 13.6. The number of carbonyl (C=O) groups excluding carboxylic acids is 1. The highest BCUT2D eigenvalue weighted by Crippen LogP contribution is 2.32. The van der Waals surface area contributed by atoms with Gasteiger partial charge in [-0.25, -0.2) is 9.78 Å². The van der Waals surface area contributed by atoms with E-state index in [9.17, 15) is 18.0 Å². The fourth-order valence-electron chi connectivity index (χ4n) is 1.65. The maximum Gasteiger partial charge on any atom is 0.416 e. The molecule has 0 N–H and O–H groups in total. The molecule has 2 rings (SSSR count). The van der Waals surface area contributed by atoms with E-state index in [0.717, 1.165) is 12.1 Å². The average Bonchev–Trinajstić information content (AvgIpc) is 2.34. The Morgan fingerprint density at radius 1 is 1.32 bits per heavy atom. The SMILES string of the molecule is COC(=O)c1cc(Cl)nc2cc(C(F)(F)F)ccc12. The monoisotopic (exact) mass is 289 g/mol. The number of rotatable bonds is 1. The van der Waals surface area contributed by atoms with E-state index >= 15 is 0 Å². The summed E-state index contributed by atoms with van der Waals surface area (Å²) in [6.45, 7) is 0. The molecular formula is C12H7ClF3NO2. The van der Waals surface area contributed by atoms with Crippen molar-refractivity contribution < 1.29 is 22.7 Å². The number of esters is 1. The summed E-state index contributed by atoms with van der Waals surface area (Å²) in [4.78, 5) is 15.3. The lowest BCUT2D eigenvalue weighted by Crippen LogP contribution is -2.07. The molecule has 100 valence electrons. The minimum Gasteiger partial charge on any atom is -0.465 e. The Kier molecular flexibility index (Phi) is 3.36. The first-order valence-corrected chi connectivity index (χ1v) is 5.46. The van der Waals surface area contributed by atoms with E-state index in [1.54, 1.807) is 0 Å². The van der Waals surface area contributed by atoms with Gasteiger partial charge in [0, 0.05) is 5.39 Å². The van der Waals surface area contributed by atoms with Gasteiger partial charge in [0.15, 0.2) is 0 Å². The van der Waals surface area contributed by atoms with Gasteiger partial charge in [-0.05, 0) is 18.2 Å². The Labute approximate surface area is 111 Å². The standard InChI is InChI=1S/C12H7ClF3NO2/c1-19-11(18)8-5-10(13)17-9-4-6(12(14,15)16)2-3-7(8)9/h2-5H,1H3. The highest BCUT2D eigenvalue weighted by Gasteiger charge is 2.31. The van der Waals surface area contributed by atoms with Crippen LogP contribution in [0.4, 0.5) is 13.2 Å². The van der Waals surface area contributed by atoms with Crippen LogP contribution in [0.15, 0.2) is 24.3 Å². The summed E-state index contributed by atoms with van der Waals surface area (Å²) in [5.41, 5.74) is -0.792. The number of benzene rings is 1. The summed E-state index contributed by atoms with van der Waals surface area (Å²) >= 11 is 5.69. The molecule has 0 aliphatic rings. The molecule has 1 aromatic heterocycles. The summed E-state index contributed by atoms with van der Waals surface area (Å²) in [6.07, 6.45) is -4.48. The van der Waals surface area contributed by atoms with Gasteiger partial charge in [-0.1, -0.05) is 17.7 Å². The van der Waals surface area contributed by atoms with E-state index < -0.39 is 17.7 Å². The van der Waals surface area contributed by atoms with Crippen molar-refractivity contribution in [1.29, 1.82) is 0 Å². The molecule has 0 bridgehead atoms. The van der Waals surface area contributed by atoms with Crippen molar-refractivity contribution in [3.63, 3.8) is 0 Å². The third-order valence-electron chi connectivity index (χ3n) is 2.51. The predicted octanol–water partition coefficient (Wildman–Crippen LogP) is 3.69. The number of halogens is 4. The molecule has 0 fully saturated rings. The van der Waals surface area contributed by atoms with Crippen LogP contribution < -0.4 is 0 Å². The number of pyridine rings is 1. The van der Waals surface area contributed by atoms with Crippen molar-refractivity contribution in [3.8, 4) is 0 Å². The zero-order valence-corrected chi connectivity index (χ0v) is 10.3. The number of alkyl halides is 3. The number of methoxy groups -OCH3 is 1. The van der Waals surface area contributed by atoms with E-state index in [2.05, 4.69) is 9.72 Å². The van der Waals surface area contributed by atoms with E-state index in [-0.39, 0.29) is 21.6 Å².